The average molecular weight is 316 g/mol. The minimum absolute atomic E-state index is 0.155. The summed E-state index contributed by atoms with van der Waals surface area (Å²) in [5.74, 6) is 0.933. The topological polar surface area (TPSA) is 55.8 Å². The zero-order chi connectivity index (χ0) is 16.3. The van der Waals surface area contributed by atoms with E-state index < -0.39 is 11.6 Å². The predicted molar refractivity (Wildman–Crippen MR) is 87.4 cm³/mol. The van der Waals surface area contributed by atoms with Gasteiger partial charge in [0.25, 0.3) is 0 Å². The summed E-state index contributed by atoms with van der Waals surface area (Å²) in [6.45, 7) is 0. The van der Waals surface area contributed by atoms with Crippen molar-refractivity contribution in [3.8, 4) is 5.75 Å². The number of aryl methyl sites for hydroxylation is 1. The van der Waals surface area contributed by atoms with Crippen LogP contribution in [0.3, 0.4) is 0 Å². The quantitative estimate of drug-likeness (QED) is 0.836. The van der Waals surface area contributed by atoms with Crippen molar-refractivity contribution in [1.82, 2.24) is 0 Å². The second kappa shape index (κ2) is 6.65. The van der Waals surface area contributed by atoms with Crippen molar-refractivity contribution in [2.24, 2.45) is 5.92 Å². The lowest BCUT2D eigenvalue weighted by Gasteiger charge is -2.40. The van der Waals surface area contributed by atoms with Crippen LogP contribution in [0.25, 0.3) is 0 Å². The third-order valence-electron chi connectivity index (χ3n) is 5.16. The first-order chi connectivity index (χ1) is 11.1. The van der Waals surface area contributed by atoms with Gasteiger partial charge in [0.15, 0.2) is 0 Å². The molecular formula is C19H24O4. The third kappa shape index (κ3) is 3.52. The van der Waals surface area contributed by atoms with Gasteiger partial charge in [0.05, 0.1) is 13.2 Å². The molecule has 0 spiro atoms. The maximum Gasteiger partial charge on any atom is 0.334 e. The molecule has 1 atom stereocenters. The standard InChI is InChI=1S/C19H24O4/c1-22-17-8-6-14(7-9-17)10-11-19(15-4-2-3-5-15)13-16(20)12-18(21)23-19/h6-9,12,15,20H,2-5,10-11,13H2,1H3. The van der Waals surface area contributed by atoms with E-state index in [4.69, 9.17) is 9.47 Å². The Kier molecular flexibility index (Phi) is 4.60. The van der Waals surface area contributed by atoms with Gasteiger partial charge in [-0.1, -0.05) is 25.0 Å². The first-order valence-corrected chi connectivity index (χ1v) is 8.37. The predicted octanol–water partition coefficient (Wildman–Crippen LogP) is 3.95. The summed E-state index contributed by atoms with van der Waals surface area (Å²) in [6.07, 6.45) is 7.72. The van der Waals surface area contributed by atoms with Gasteiger partial charge in [-0.2, -0.15) is 0 Å². The van der Waals surface area contributed by atoms with Crippen LogP contribution in [0.15, 0.2) is 36.1 Å². The van der Waals surface area contributed by atoms with Crippen LogP contribution in [0.1, 0.15) is 44.1 Å². The number of carbonyl (C=O) groups is 1. The number of aliphatic hydroxyl groups excluding tert-OH is 1. The molecular weight excluding hydrogens is 292 g/mol. The fraction of sp³-hybridized carbons (Fsp3) is 0.526. The monoisotopic (exact) mass is 316 g/mol. The van der Waals surface area contributed by atoms with Crippen molar-refractivity contribution in [3.05, 3.63) is 41.7 Å². The van der Waals surface area contributed by atoms with Crippen molar-refractivity contribution in [2.45, 2.75) is 50.5 Å². The highest BCUT2D eigenvalue weighted by molar-refractivity contribution is 5.83. The Morgan fingerprint density at radius 3 is 2.57 bits per heavy atom. The maximum atomic E-state index is 11.9. The van der Waals surface area contributed by atoms with Gasteiger partial charge in [0, 0.05) is 6.42 Å². The molecule has 0 radical (unpaired) electrons. The molecule has 1 unspecified atom stereocenters. The van der Waals surface area contributed by atoms with E-state index in [2.05, 4.69) is 0 Å². The lowest BCUT2D eigenvalue weighted by Crippen LogP contribution is -2.44. The number of cyclic esters (lactones) is 1. The molecule has 1 heterocycles. The van der Waals surface area contributed by atoms with E-state index in [1.165, 1.54) is 24.5 Å². The number of aliphatic hydroxyl groups is 1. The van der Waals surface area contributed by atoms with Crippen molar-refractivity contribution >= 4 is 5.97 Å². The Labute approximate surface area is 137 Å². The van der Waals surface area contributed by atoms with E-state index in [0.717, 1.165) is 31.4 Å². The molecule has 124 valence electrons. The Morgan fingerprint density at radius 1 is 1.26 bits per heavy atom. The van der Waals surface area contributed by atoms with Gasteiger partial charge in [-0.05, 0) is 49.3 Å². The van der Waals surface area contributed by atoms with Gasteiger partial charge in [-0.3, -0.25) is 0 Å². The second-order valence-corrected chi connectivity index (χ2v) is 6.63. The van der Waals surface area contributed by atoms with Crippen LogP contribution < -0.4 is 4.74 Å². The highest BCUT2D eigenvalue weighted by atomic mass is 16.6. The summed E-state index contributed by atoms with van der Waals surface area (Å²) < 4.78 is 11.0. The summed E-state index contributed by atoms with van der Waals surface area (Å²) in [5, 5.41) is 9.98. The number of hydrogen-bond acceptors (Lipinski definition) is 4. The molecule has 1 aliphatic heterocycles. The first-order valence-electron chi connectivity index (χ1n) is 8.37. The van der Waals surface area contributed by atoms with E-state index >= 15 is 0 Å². The largest absolute Gasteiger partial charge is 0.512 e. The van der Waals surface area contributed by atoms with Crippen LogP contribution in [0.4, 0.5) is 0 Å². The number of methoxy groups -OCH3 is 1. The summed E-state index contributed by atoms with van der Waals surface area (Å²) in [4.78, 5) is 11.9. The normalized spacial score (nSPS) is 25.1. The first kappa shape index (κ1) is 15.9. The van der Waals surface area contributed by atoms with Gasteiger partial charge >= 0.3 is 5.97 Å². The number of benzene rings is 1. The summed E-state index contributed by atoms with van der Waals surface area (Å²) in [7, 11) is 1.65. The molecule has 1 N–H and O–H groups in total. The van der Waals surface area contributed by atoms with Gasteiger partial charge in [0.1, 0.15) is 17.1 Å². The van der Waals surface area contributed by atoms with E-state index in [-0.39, 0.29) is 5.76 Å². The van der Waals surface area contributed by atoms with Crippen molar-refractivity contribution in [2.75, 3.05) is 7.11 Å². The van der Waals surface area contributed by atoms with Gasteiger partial charge < -0.3 is 14.6 Å². The average Bonchev–Trinajstić information content (AvgIpc) is 3.08. The van der Waals surface area contributed by atoms with Crippen LogP contribution in [0.5, 0.6) is 5.75 Å². The van der Waals surface area contributed by atoms with Crippen molar-refractivity contribution in [3.63, 3.8) is 0 Å². The minimum Gasteiger partial charge on any atom is -0.512 e. The smallest absolute Gasteiger partial charge is 0.334 e. The lowest BCUT2D eigenvalue weighted by molar-refractivity contribution is -0.165. The summed E-state index contributed by atoms with van der Waals surface area (Å²) in [5.41, 5.74) is 0.639. The Morgan fingerprint density at radius 2 is 1.96 bits per heavy atom. The lowest BCUT2D eigenvalue weighted by atomic mass is 9.77. The summed E-state index contributed by atoms with van der Waals surface area (Å²) >= 11 is 0. The minimum atomic E-state index is -0.549. The number of ether oxygens (including phenoxy) is 2. The van der Waals surface area contributed by atoms with Crippen LogP contribution in [0, 0.1) is 5.92 Å². The second-order valence-electron chi connectivity index (χ2n) is 6.63. The molecule has 4 heteroatoms. The molecule has 1 aliphatic carbocycles. The zero-order valence-electron chi connectivity index (χ0n) is 13.6. The molecule has 0 amide bonds. The number of hydrogen-bond donors (Lipinski definition) is 1. The SMILES string of the molecule is COc1ccc(CCC2(C3CCCC3)CC(O)=CC(=O)O2)cc1. The highest BCUT2D eigenvalue weighted by Gasteiger charge is 2.45. The van der Waals surface area contributed by atoms with E-state index in [1.54, 1.807) is 7.11 Å². The molecule has 0 bridgehead atoms. The van der Waals surface area contributed by atoms with Crippen LogP contribution >= 0.6 is 0 Å². The van der Waals surface area contributed by atoms with E-state index in [0.29, 0.717) is 12.3 Å². The van der Waals surface area contributed by atoms with E-state index in [1.807, 2.05) is 24.3 Å². The molecule has 0 aromatic heterocycles. The number of rotatable bonds is 5. The molecule has 1 fully saturated rings. The molecule has 23 heavy (non-hydrogen) atoms. The molecule has 4 nitrogen and oxygen atoms in total. The Balaban J connectivity index is 1.76. The fourth-order valence-corrected chi connectivity index (χ4v) is 3.93. The van der Waals surface area contributed by atoms with Gasteiger partial charge in [-0.15, -0.1) is 0 Å². The Bertz CT molecular complexity index is 584. The third-order valence-corrected chi connectivity index (χ3v) is 5.16. The molecule has 1 aromatic carbocycles. The number of carbonyl (C=O) groups excluding carboxylic acids is 1. The van der Waals surface area contributed by atoms with Gasteiger partial charge in [-0.25, -0.2) is 4.79 Å². The molecule has 3 rings (SSSR count). The zero-order valence-corrected chi connectivity index (χ0v) is 13.6. The van der Waals surface area contributed by atoms with Crippen molar-refractivity contribution < 1.29 is 19.4 Å². The van der Waals surface area contributed by atoms with E-state index in [9.17, 15) is 9.90 Å². The molecule has 2 aliphatic rings. The van der Waals surface area contributed by atoms with Crippen LogP contribution in [-0.2, 0) is 16.0 Å². The maximum absolute atomic E-state index is 11.9. The van der Waals surface area contributed by atoms with Gasteiger partial charge in [0.2, 0.25) is 0 Å². The van der Waals surface area contributed by atoms with Crippen molar-refractivity contribution in [1.29, 1.82) is 0 Å². The van der Waals surface area contributed by atoms with Crippen LogP contribution in [0.2, 0.25) is 0 Å². The fourth-order valence-electron chi connectivity index (χ4n) is 3.93. The van der Waals surface area contributed by atoms with Crippen LogP contribution in [-0.4, -0.2) is 23.8 Å². The molecule has 0 saturated heterocycles. The molecule has 1 aromatic rings. The Hall–Kier alpha value is -1.97. The number of esters is 1. The summed E-state index contributed by atoms with van der Waals surface area (Å²) in [6, 6.07) is 7.98. The molecule has 1 saturated carbocycles. The highest BCUT2D eigenvalue weighted by Crippen LogP contribution is 2.44.